The van der Waals surface area contributed by atoms with Crippen LogP contribution >= 0.6 is 0 Å². The number of rotatable bonds is 7. The first-order valence-corrected chi connectivity index (χ1v) is 9.64. The van der Waals surface area contributed by atoms with Crippen molar-refractivity contribution in [3.8, 4) is 11.3 Å². The molecule has 3 aromatic heterocycles. The average Bonchev–Trinajstić information content (AvgIpc) is 3.00. The second-order valence-corrected chi connectivity index (χ2v) is 7.54. The van der Waals surface area contributed by atoms with Gasteiger partial charge in [-0.2, -0.15) is 0 Å². The van der Waals surface area contributed by atoms with E-state index in [1.54, 1.807) is 7.11 Å². The molecule has 1 N–H and O–H groups in total. The standard InChI is InChI=1S/C22H29FN4O/c1-13(2)18-8-7-17(22(24-5)25-18)20-14(3)9-19-21(26-20)15(4)11-27(19)16(10-23)12-28-6/h7-9,11,13,16H,10,12H2,1-6H3,(H,24,25)/t16-/m0/s1. The summed E-state index contributed by atoms with van der Waals surface area (Å²) in [6, 6.07) is 5.87. The van der Waals surface area contributed by atoms with Gasteiger partial charge in [-0.15, -0.1) is 0 Å². The van der Waals surface area contributed by atoms with Crippen LogP contribution in [0.15, 0.2) is 24.4 Å². The lowest BCUT2D eigenvalue weighted by molar-refractivity contribution is 0.142. The second-order valence-electron chi connectivity index (χ2n) is 7.54. The third-order valence-corrected chi connectivity index (χ3v) is 5.11. The van der Waals surface area contributed by atoms with E-state index in [0.29, 0.717) is 12.5 Å². The van der Waals surface area contributed by atoms with Crippen LogP contribution < -0.4 is 5.32 Å². The Hall–Kier alpha value is -2.47. The lowest BCUT2D eigenvalue weighted by Gasteiger charge is -2.17. The van der Waals surface area contributed by atoms with Gasteiger partial charge in [-0.1, -0.05) is 13.8 Å². The quantitative estimate of drug-likeness (QED) is 0.620. The van der Waals surface area contributed by atoms with Gasteiger partial charge in [0.25, 0.3) is 0 Å². The minimum Gasteiger partial charge on any atom is -0.382 e. The summed E-state index contributed by atoms with van der Waals surface area (Å²) in [5.41, 5.74) is 6.75. The molecule has 0 saturated carbocycles. The lowest BCUT2D eigenvalue weighted by Crippen LogP contribution is -2.15. The van der Waals surface area contributed by atoms with Crippen molar-refractivity contribution in [3.63, 3.8) is 0 Å². The van der Waals surface area contributed by atoms with Gasteiger partial charge in [0.15, 0.2) is 0 Å². The van der Waals surface area contributed by atoms with Gasteiger partial charge in [0.05, 0.1) is 29.4 Å². The zero-order valence-electron chi connectivity index (χ0n) is 17.5. The number of hydrogen-bond acceptors (Lipinski definition) is 4. The molecular weight excluding hydrogens is 355 g/mol. The third kappa shape index (κ3) is 3.61. The van der Waals surface area contributed by atoms with Gasteiger partial charge in [-0.05, 0) is 49.1 Å². The number of pyridine rings is 2. The topological polar surface area (TPSA) is 52.0 Å². The highest BCUT2D eigenvalue weighted by atomic mass is 19.1. The van der Waals surface area contributed by atoms with Crippen LogP contribution in [-0.2, 0) is 4.74 Å². The first-order chi connectivity index (χ1) is 13.4. The van der Waals surface area contributed by atoms with Crippen molar-refractivity contribution in [2.24, 2.45) is 0 Å². The summed E-state index contributed by atoms with van der Waals surface area (Å²) < 4.78 is 20.7. The molecule has 0 aromatic carbocycles. The van der Waals surface area contributed by atoms with E-state index in [2.05, 4.69) is 37.4 Å². The summed E-state index contributed by atoms with van der Waals surface area (Å²) in [5.74, 6) is 1.17. The largest absolute Gasteiger partial charge is 0.382 e. The van der Waals surface area contributed by atoms with Crippen molar-refractivity contribution < 1.29 is 9.13 Å². The number of alkyl halides is 1. The second kappa shape index (κ2) is 8.27. The zero-order chi connectivity index (χ0) is 20.4. The van der Waals surface area contributed by atoms with Crippen LogP contribution in [0, 0.1) is 13.8 Å². The summed E-state index contributed by atoms with van der Waals surface area (Å²) in [6.45, 7) is 8.14. The van der Waals surface area contributed by atoms with Crippen molar-refractivity contribution in [1.82, 2.24) is 14.5 Å². The van der Waals surface area contributed by atoms with E-state index in [9.17, 15) is 4.39 Å². The Morgan fingerprint density at radius 2 is 1.93 bits per heavy atom. The van der Waals surface area contributed by atoms with E-state index in [1.165, 1.54) is 0 Å². The molecule has 0 aliphatic heterocycles. The maximum atomic E-state index is 13.6. The molecule has 0 aliphatic rings. The Morgan fingerprint density at radius 1 is 1.18 bits per heavy atom. The van der Waals surface area contributed by atoms with Crippen molar-refractivity contribution in [2.45, 2.75) is 39.7 Å². The molecule has 0 saturated heterocycles. The van der Waals surface area contributed by atoms with E-state index < -0.39 is 6.67 Å². The summed E-state index contributed by atoms with van der Waals surface area (Å²) >= 11 is 0. The molecule has 1 atom stereocenters. The van der Waals surface area contributed by atoms with Crippen LogP contribution in [-0.4, -0.2) is 42.0 Å². The molecule has 0 aliphatic carbocycles. The van der Waals surface area contributed by atoms with Crippen molar-refractivity contribution in [3.05, 3.63) is 41.2 Å². The Balaban J connectivity index is 2.17. The summed E-state index contributed by atoms with van der Waals surface area (Å²) in [5, 5.41) is 3.21. The Bertz CT molecular complexity index is 980. The molecule has 0 bridgehead atoms. The third-order valence-electron chi connectivity index (χ3n) is 5.11. The first-order valence-electron chi connectivity index (χ1n) is 9.64. The van der Waals surface area contributed by atoms with Crippen LogP contribution in [0.4, 0.5) is 10.2 Å². The summed E-state index contributed by atoms with van der Waals surface area (Å²) in [4.78, 5) is 9.72. The van der Waals surface area contributed by atoms with Gasteiger partial charge in [-0.3, -0.25) is 0 Å². The van der Waals surface area contributed by atoms with Crippen LogP contribution in [0.1, 0.15) is 42.6 Å². The molecule has 3 aromatic rings. The first kappa shape index (κ1) is 20.3. The highest BCUT2D eigenvalue weighted by Gasteiger charge is 2.19. The smallest absolute Gasteiger partial charge is 0.135 e. The fourth-order valence-corrected chi connectivity index (χ4v) is 3.57. The number of halogens is 1. The van der Waals surface area contributed by atoms with Crippen molar-refractivity contribution in [2.75, 3.05) is 32.8 Å². The molecule has 28 heavy (non-hydrogen) atoms. The highest BCUT2D eigenvalue weighted by Crippen LogP contribution is 2.33. The molecule has 3 rings (SSSR count). The van der Waals surface area contributed by atoms with Gasteiger partial charge in [-0.25, -0.2) is 14.4 Å². The minimum atomic E-state index is -0.484. The van der Waals surface area contributed by atoms with Crippen LogP contribution in [0.5, 0.6) is 0 Å². The number of hydrogen-bond donors (Lipinski definition) is 1. The van der Waals surface area contributed by atoms with Gasteiger partial charge in [0, 0.05) is 31.6 Å². The predicted molar refractivity (Wildman–Crippen MR) is 113 cm³/mol. The SMILES string of the molecule is CNc1nc(C(C)C)ccc1-c1nc2c(C)cn([C@@H](CF)COC)c2cc1C. The Morgan fingerprint density at radius 3 is 2.54 bits per heavy atom. The van der Waals surface area contributed by atoms with Gasteiger partial charge in [0.2, 0.25) is 0 Å². The fourth-order valence-electron chi connectivity index (χ4n) is 3.57. The number of ether oxygens (including phenoxy) is 1. The van der Waals surface area contributed by atoms with Crippen molar-refractivity contribution >= 4 is 16.9 Å². The predicted octanol–water partition coefficient (Wildman–Crippen LogP) is 5.04. The Kier molecular flexibility index (Phi) is 5.98. The molecular formula is C22H29FN4O. The molecule has 0 radical (unpaired) electrons. The van der Waals surface area contributed by atoms with E-state index in [1.807, 2.05) is 31.7 Å². The summed E-state index contributed by atoms with van der Waals surface area (Å²) in [7, 11) is 3.47. The van der Waals surface area contributed by atoms with E-state index in [0.717, 1.165) is 44.9 Å². The molecule has 3 heterocycles. The normalized spacial score (nSPS) is 12.7. The molecule has 150 valence electrons. The number of anilines is 1. The number of fused-ring (bicyclic) bond motifs is 1. The highest BCUT2D eigenvalue weighted by molar-refractivity contribution is 5.86. The van der Waals surface area contributed by atoms with Gasteiger partial charge >= 0.3 is 0 Å². The number of aryl methyl sites for hydroxylation is 2. The molecule has 6 heteroatoms. The zero-order valence-corrected chi connectivity index (χ0v) is 17.5. The fraction of sp³-hybridized carbons (Fsp3) is 0.455. The number of nitrogens with zero attached hydrogens (tertiary/aromatic N) is 3. The molecule has 5 nitrogen and oxygen atoms in total. The monoisotopic (exact) mass is 384 g/mol. The molecule has 0 spiro atoms. The Labute approximate surface area is 166 Å². The van der Waals surface area contributed by atoms with Crippen LogP contribution in [0.3, 0.4) is 0 Å². The molecule has 0 fully saturated rings. The molecule has 0 amide bonds. The number of nitrogens with one attached hydrogen (secondary N) is 1. The number of methoxy groups -OCH3 is 1. The minimum absolute atomic E-state index is 0.324. The molecule has 0 unspecified atom stereocenters. The maximum Gasteiger partial charge on any atom is 0.135 e. The van der Waals surface area contributed by atoms with Gasteiger partial charge in [0.1, 0.15) is 12.5 Å². The van der Waals surface area contributed by atoms with E-state index in [-0.39, 0.29) is 6.04 Å². The van der Waals surface area contributed by atoms with E-state index in [4.69, 9.17) is 14.7 Å². The number of aromatic nitrogens is 3. The van der Waals surface area contributed by atoms with Crippen LogP contribution in [0.2, 0.25) is 0 Å². The lowest BCUT2D eigenvalue weighted by atomic mass is 10.0. The van der Waals surface area contributed by atoms with Crippen LogP contribution in [0.25, 0.3) is 22.3 Å². The maximum absolute atomic E-state index is 13.6. The van der Waals surface area contributed by atoms with Crippen molar-refractivity contribution in [1.29, 1.82) is 0 Å². The van der Waals surface area contributed by atoms with E-state index >= 15 is 0 Å². The summed E-state index contributed by atoms with van der Waals surface area (Å²) in [6.07, 6.45) is 1.96. The van der Waals surface area contributed by atoms with Gasteiger partial charge < -0.3 is 14.6 Å². The average molecular weight is 384 g/mol.